The SMILES string of the molecule is CCC(C(=O)N(C(=O)c1c(Cl)cccc1[N+](=O)[O-])[C@@H]1C[C@@H]1F)N(C(=O)O)C(C)(C)C. The van der Waals surface area contributed by atoms with Crippen LogP contribution in [0, 0.1) is 10.1 Å². The molecule has 1 fully saturated rings. The molecule has 0 spiro atoms. The topological polar surface area (TPSA) is 121 Å². The van der Waals surface area contributed by atoms with E-state index in [0.717, 1.165) is 11.0 Å². The highest BCUT2D eigenvalue weighted by molar-refractivity contribution is 6.35. The van der Waals surface area contributed by atoms with E-state index in [1.165, 1.54) is 12.1 Å². The van der Waals surface area contributed by atoms with Crippen LogP contribution in [0.3, 0.4) is 0 Å². The largest absolute Gasteiger partial charge is 0.465 e. The van der Waals surface area contributed by atoms with Gasteiger partial charge in [0.05, 0.1) is 16.0 Å². The van der Waals surface area contributed by atoms with Gasteiger partial charge in [-0.05, 0) is 33.3 Å². The molecule has 0 radical (unpaired) electrons. The minimum Gasteiger partial charge on any atom is -0.465 e. The predicted molar refractivity (Wildman–Crippen MR) is 106 cm³/mol. The fraction of sp³-hybridized carbons (Fsp3) is 0.526. The van der Waals surface area contributed by atoms with E-state index in [1.54, 1.807) is 27.7 Å². The highest BCUT2D eigenvalue weighted by atomic mass is 35.5. The summed E-state index contributed by atoms with van der Waals surface area (Å²) in [7, 11) is 0. The first-order valence-electron chi connectivity index (χ1n) is 9.29. The first kappa shape index (κ1) is 23.5. The van der Waals surface area contributed by atoms with Gasteiger partial charge < -0.3 is 5.11 Å². The third kappa shape index (κ3) is 4.53. The highest BCUT2D eigenvalue weighted by Crippen LogP contribution is 2.37. The smallest absolute Gasteiger partial charge is 0.408 e. The molecule has 1 saturated carbocycles. The molecule has 3 atom stereocenters. The molecule has 3 amide bonds. The summed E-state index contributed by atoms with van der Waals surface area (Å²) in [5, 5.41) is 20.8. The van der Waals surface area contributed by atoms with Crippen molar-refractivity contribution in [2.45, 2.75) is 64.3 Å². The van der Waals surface area contributed by atoms with Crippen molar-refractivity contribution in [3.63, 3.8) is 0 Å². The second-order valence-corrected chi connectivity index (χ2v) is 8.38. The van der Waals surface area contributed by atoms with Crippen molar-refractivity contribution in [1.82, 2.24) is 9.80 Å². The van der Waals surface area contributed by atoms with Crippen LogP contribution < -0.4 is 0 Å². The normalized spacial score (nSPS) is 19.0. The molecule has 2 rings (SSSR count). The molecule has 1 N–H and O–H groups in total. The number of amides is 3. The molecule has 9 nitrogen and oxygen atoms in total. The monoisotopic (exact) mass is 443 g/mol. The number of hydrogen-bond acceptors (Lipinski definition) is 5. The number of halogens is 2. The second kappa shape index (κ2) is 8.55. The van der Waals surface area contributed by atoms with Gasteiger partial charge in [0.1, 0.15) is 17.8 Å². The van der Waals surface area contributed by atoms with Crippen molar-refractivity contribution < 1.29 is 28.8 Å². The number of rotatable bonds is 6. The number of nitrogens with zero attached hydrogens (tertiary/aromatic N) is 3. The molecular weight excluding hydrogens is 421 g/mol. The number of imide groups is 1. The highest BCUT2D eigenvalue weighted by Gasteiger charge is 2.51. The van der Waals surface area contributed by atoms with E-state index in [2.05, 4.69) is 0 Å². The van der Waals surface area contributed by atoms with Crippen molar-refractivity contribution in [2.75, 3.05) is 0 Å². The number of hydrogen-bond donors (Lipinski definition) is 1. The fourth-order valence-electron chi connectivity index (χ4n) is 3.35. The Balaban J connectivity index is 2.56. The van der Waals surface area contributed by atoms with Gasteiger partial charge in [-0.3, -0.25) is 29.5 Å². The summed E-state index contributed by atoms with van der Waals surface area (Å²) < 4.78 is 13.9. The third-order valence-corrected chi connectivity index (χ3v) is 5.10. The van der Waals surface area contributed by atoms with Gasteiger partial charge in [0, 0.05) is 18.0 Å². The molecule has 164 valence electrons. The van der Waals surface area contributed by atoms with Crippen LogP contribution in [0.1, 0.15) is 50.9 Å². The molecule has 1 unspecified atom stereocenters. The molecule has 30 heavy (non-hydrogen) atoms. The Labute approximate surface area is 177 Å². The quantitative estimate of drug-likeness (QED) is 0.526. The summed E-state index contributed by atoms with van der Waals surface area (Å²) in [5.41, 5.74) is -2.16. The molecule has 1 aliphatic carbocycles. The van der Waals surface area contributed by atoms with Crippen molar-refractivity contribution in [2.24, 2.45) is 0 Å². The first-order valence-corrected chi connectivity index (χ1v) is 9.67. The van der Waals surface area contributed by atoms with E-state index < -0.39 is 57.9 Å². The number of alkyl halides is 1. The molecule has 0 aliphatic heterocycles. The number of nitro groups is 1. The summed E-state index contributed by atoms with van der Waals surface area (Å²) in [4.78, 5) is 50.4. The predicted octanol–water partition coefficient (Wildman–Crippen LogP) is 3.88. The maximum atomic E-state index is 13.9. The zero-order chi connectivity index (χ0) is 23.0. The summed E-state index contributed by atoms with van der Waals surface area (Å²) in [6, 6.07) is 1.16. The van der Waals surface area contributed by atoms with Gasteiger partial charge in [-0.2, -0.15) is 0 Å². The molecule has 1 aromatic carbocycles. The first-order chi connectivity index (χ1) is 13.8. The van der Waals surface area contributed by atoms with Crippen molar-refractivity contribution in [1.29, 1.82) is 0 Å². The van der Waals surface area contributed by atoms with Gasteiger partial charge in [-0.15, -0.1) is 0 Å². The fourth-order valence-corrected chi connectivity index (χ4v) is 3.60. The molecule has 0 heterocycles. The molecule has 11 heteroatoms. The lowest BCUT2D eigenvalue weighted by molar-refractivity contribution is -0.385. The summed E-state index contributed by atoms with van der Waals surface area (Å²) in [6.45, 7) is 6.30. The zero-order valence-electron chi connectivity index (χ0n) is 17.0. The van der Waals surface area contributed by atoms with E-state index in [-0.39, 0.29) is 17.9 Å². The summed E-state index contributed by atoms with van der Waals surface area (Å²) in [6.07, 6.45) is -2.99. The van der Waals surface area contributed by atoms with Crippen LogP contribution in [-0.4, -0.2) is 61.5 Å². The summed E-state index contributed by atoms with van der Waals surface area (Å²) in [5.74, 6) is -2.07. The number of carbonyl (C=O) groups excluding carboxylic acids is 2. The van der Waals surface area contributed by atoms with E-state index >= 15 is 0 Å². The second-order valence-electron chi connectivity index (χ2n) is 7.97. The Kier molecular flexibility index (Phi) is 6.70. The molecule has 0 saturated heterocycles. The molecule has 1 aliphatic rings. The van der Waals surface area contributed by atoms with Gasteiger partial charge in [0.25, 0.3) is 17.5 Å². The lowest BCUT2D eigenvalue weighted by Gasteiger charge is -2.40. The van der Waals surface area contributed by atoms with Crippen LogP contribution in [0.5, 0.6) is 0 Å². The number of carbonyl (C=O) groups is 3. The lowest BCUT2D eigenvalue weighted by Crippen LogP contribution is -2.58. The number of carboxylic acid groups (broad SMARTS) is 1. The Hall–Kier alpha value is -2.75. The van der Waals surface area contributed by atoms with Crippen molar-refractivity contribution in [3.05, 3.63) is 38.9 Å². The van der Waals surface area contributed by atoms with Gasteiger partial charge in [-0.1, -0.05) is 24.6 Å². The summed E-state index contributed by atoms with van der Waals surface area (Å²) >= 11 is 6.02. The van der Waals surface area contributed by atoms with Gasteiger partial charge in [0.2, 0.25) is 0 Å². The Morgan fingerprint density at radius 2 is 1.93 bits per heavy atom. The van der Waals surface area contributed by atoms with Crippen LogP contribution in [0.25, 0.3) is 0 Å². The lowest BCUT2D eigenvalue weighted by atomic mass is 10.0. The maximum absolute atomic E-state index is 13.9. The van der Waals surface area contributed by atoms with Gasteiger partial charge >= 0.3 is 6.09 Å². The van der Waals surface area contributed by atoms with Crippen LogP contribution in [0.4, 0.5) is 14.9 Å². The van der Waals surface area contributed by atoms with Gasteiger partial charge in [-0.25, -0.2) is 9.18 Å². The van der Waals surface area contributed by atoms with Crippen LogP contribution in [0.15, 0.2) is 18.2 Å². The third-order valence-electron chi connectivity index (χ3n) is 4.78. The molecular formula is C19H23ClFN3O6. The maximum Gasteiger partial charge on any atom is 0.408 e. The van der Waals surface area contributed by atoms with Crippen LogP contribution >= 0.6 is 11.6 Å². The van der Waals surface area contributed by atoms with E-state index in [9.17, 15) is 34.0 Å². The van der Waals surface area contributed by atoms with E-state index in [4.69, 9.17) is 11.6 Å². The van der Waals surface area contributed by atoms with Crippen LogP contribution in [0.2, 0.25) is 5.02 Å². The molecule has 0 aromatic heterocycles. The van der Waals surface area contributed by atoms with E-state index in [0.29, 0.717) is 4.90 Å². The minimum atomic E-state index is -1.50. The number of benzene rings is 1. The Morgan fingerprint density at radius 1 is 1.37 bits per heavy atom. The number of nitro benzene ring substituents is 1. The zero-order valence-corrected chi connectivity index (χ0v) is 17.7. The van der Waals surface area contributed by atoms with Crippen molar-refractivity contribution >= 4 is 35.2 Å². The Bertz CT molecular complexity index is 888. The molecule has 1 aromatic rings. The molecule has 0 bridgehead atoms. The minimum absolute atomic E-state index is 0.0144. The average molecular weight is 444 g/mol. The standard InChI is InChI=1S/C19H23ClFN3O6/c1-5-12(23(18(27)28)19(2,3)4)16(25)22(14-9-11(14)21)17(26)15-10(20)7-6-8-13(15)24(29)30/h6-8,11-12,14H,5,9H2,1-4H3,(H,27,28)/t11-,12?,14+/m0/s1. The average Bonchev–Trinajstić information content (AvgIpc) is 3.33. The van der Waals surface area contributed by atoms with Crippen molar-refractivity contribution in [3.8, 4) is 0 Å². The van der Waals surface area contributed by atoms with Gasteiger partial charge in [0.15, 0.2) is 0 Å². The van der Waals surface area contributed by atoms with Crippen LogP contribution in [-0.2, 0) is 4.79 Å². The Morgan fingerprint density at radius 3 is 2.33 bits per heavy atom. The van der Waals surface area contributed by atoms with E-state index in [1.807, 2.05) is 0 Å².